The summed E-state index contributed by atoms with van der Waals surface area (Å²) in [7, 11) is 0. The van der Waals surface area contributed by atoms with Crippen molar-refractivity contribution in [2.75, 3.05) is 13.2 Å². The molecule has 0 spiro atoms. The molecule has 0 radical (unpaired) electrons. The molecule has 0 atom stereocenters. The van der Waals surface area contributed by atoms with Crippen LogP contribution in [0.15, 0.2) is 30.3 Å². The van der Waals surface area contributed by atoms with Gasteiger partial charge in [0.15, 0.2) is 6.61 Å². The van der Waals surface area contributed by atoms with Crippen molar-refractivity contribution >= 4 is 23.7 Å². The lowest BCUT2D eigenvalue weighted by molar-refractivity contribution is -0.124. The van der Waals surface area contributed by atoms with Gasteiger partial charge in [0.1, 0.15) is 5.75 Å². The summed E-state index contributed by atoms with van der Waals surface area (Å²) in [4.78, 5) is 21.5. The lowest BCUT2D eigenvalue weighted by Gasteiger charge is -2.05. The minimum Gasteiger partial charge on any atom is -0.484 e. The van der Waals surface area contributed by atoms with Crippen LogP contribution in [0.1, 0.15) is 0 Å². The van der Waals surface area contributed by atoms with Crippen molar-refractivity contribution in [2.45, 2.75) is 0 Å². The van der Waals surface area contributed by atoms with E-state index in [1.165, 1.54) is 0 Å². The van der Waals surface area contributed by atoms with Crippen LogP contribution >= 0.6 is 12.6 Å². The third kappa shape index (κ3) is 5.07. The van der Waals surface area contributed by atoms with Gasteiger partial charge in [0.25, 0.3) is 5.91 Å². The quantitative estimate of drug-likeness (QED) is 0.723. The molecule has 80 valence electrons. The number of thiol groups is 1. The van der Waals surface area contributed by atoms with Gasteiger partial charge in [-0.15, -0.1) is 12.6 Å². The first kappa shape index (κ1) is 11.6. The monoisotopic (exact) mass is 225 g/mol. The maximum Gasteiger partial charge on any atom is 0.258 e. The predicted molar refractivity (Wildman–Crippen MR) is 58.9 cm³/mol. The Balaban J connectivity index is 2.26. The zero-order chi connectivity index (χ0) is 11.1. The lowest BCUT2D eigenvalue weighted by atomic mass is 10.3. The second-order valence-corrected chi connectivity index (χ2v) is 3.27. The third-order valence-electron chi connectivity index (χ3n) is 1.55. The molecule has 4 nitrogen and oxygen atoms in total. The van der Waals surface area contributed by atoms with Gasteiger partial charge in [0.2, 0.25) is 5.12 Å². The first-order valence-corrected chi connectivity index (χ1v) is 4.79. The van der Waals surface area contributed by atoms with Gasteiger partial charge in [-0.3, -0.25) is 9.59 Å². The molecule has 0 aromatic heterocycles. The van der Waals surface area contributed by atoms with Crippen LogP contribution in [-0.2, 0) is 9.59 Å². The van der Waals surface area contributed by atoms with E-state index in [2.05, 4.69) is 17.9 Å². The minimum absolute atomic E-state index is 0.0832. The van der Waals surface area contributed by atoms with Crippen molar-refractivity contribution < 1.29 is 14.3 Å². The average Bonchev–Trinajstić information content (AvgIpc) is 2.25. The fourth-order valence-electron chi connectivity index (χ4n) is 0.891. The summed E-state index contributed by atoms with van der Waals surface area (Å²) in [6.07, 6.45) is 0. The van der Waals surface area contributed by atoms with Gasteiger partial charge in [-0.25, -0.2) is 0 Å². The van der Waals surface area contributed by atoms with E-state index in [0.29, 0.717) is 5.75 Å². The predicted octanol–water partition coefficient (Wildman–Crippen LogP) is 0.638. The summed E-state index contributed by atoms with van der Waals surface area (Å²) in [6, 6.07) is 8.97. The number of nitrogens with one attached hydrogen (secondary N) is 1. The van der Waals surface area contributed by atoms with E-state index < -0.39 is 0 Å². The van der Waals surface area contributed by atoms with Crippen LogP contribution in [0, 0.1) is 0 Å². The van der Waals surface area contributed by atoms with Gasteiger partial charge < -0.3 is 10.1 Å². The third-order valence-corrected chi connectivity index (χ3v) is 1.71. The zero-order valence-corrected chi connectivity index (χ0v) is 8.87. The van der Waals surface area contributed by atoms with Crippen LogP contribution in [0.3, 0.4) is 0 Å². The van der Waals surface area contributed by atoms with Crippen LogP contribution in [0.2, 0.25) is 0 Å². The molecule has 0 fully saturated rings. The van der Waals surface area contributed by atoms with E-state index in [9.17, 15) is 9.59 Å². The van der Waals surface area contributed by atoms with Crippen molar-refractivity contribution in [3.63, 3.8) is 0 Å². The van der Waals surface area contributed by atoms with Gasteiger partial charge >= 0.3 is 0 Å². The van der Waals surface area contributed by atoms with E-state index in [-0.39, 0.29) is 24.2 Å². The highest BCUT2D eigenvalue weighted by molar-refractivity contribution is 7.96. The number of carbonyl (C=O) groups excluding carboxylic acids is 2. The van der Waals surface area contributed by atoms with E-state index in [0.717, 1.165) is 0 Å². The van der Waals surface area contributed by atoms with Gasteiger partial charge in [0, 0.05) is 0 Å². The molecule has 0 aliphatic heterocycles. The highest BCUT2D eigenvalue weighted by Crippen LogP contribution is 2.07. The standard InChI is InChI=1S/C10H11NO3S/c12-9(11-6-10(13)15)7-14-8-4-2-1-3-5-8/h1-5H,6-7H2,(H,11,12)(H,13,15). The minimum atomic E-state index is -0.386. The molecule has 1 aromatic rings. The molecule has 1 N–H and O–H groups in total. The second-order valence-electron chi connectivity index (χ2n) is 2.77. The zero-order valence-electron chi connectivity index (χ0n) is 7.97. The Hall–Kier alpha value is -1.49. The molecule has 0 saturated heterocycles. The molecule has 0 aliphatic carbocycles. The maximum atomic E-state index is 11.1. The number of para-hydroxylation sites is 1. The Kier molecular flexibility index (Phi) is 4.70. The molecule has 0 heterocycles. The molecule has 5 heteroatoms. The van der Waals surface area contributed by atoms with Crippen molar-refractivity contribution in [1.29, 1.82) is 0 Å². The van der Waals surface area contributed by atoms with Gasteiger partial charge in [-0.2, -0.15) is 0 Å². The summed E-state index contributed by atoms with van der Waals surface area (Å²) in [6.45, 7) is -0.189. The second kappa shape index (κ2) is 6.08. The van der Waals surface area contributed by atoms with Crippen LogP contribution in [-0.4, -0.2) is 24.2 Å². The Labute approximate surface area is 93.0 Å². The molecule has 1 rings (SSSR count). The molecular weight excluding hydrogens is 214 g/mol. The van der Waals surface area contributed by atoms with E-state index in [1.54, 1.807) is 12.1 Å². The van der Waals surface area contributed by atoms with Crippen LogP contribution < -0.4 is 10.1 Å². The van der Waals surface area contributed by atoms with Gasteiger partial charge in [-0.1, -0.05) is 18.2 Å². The normalized spacial score (nSPS) is 9.40. The number of carbonyl (C=O) groups is 2. The van der Waals surface area contributed by atoms with Crippen LogP contribution in [0.4, 0.5) is 0 Å². The fourth-order valence-corrected chi connectivity index (χ4v) is 0.970. The van der Waals surface area contributed by atoms with Crippen molar-refractivity contribution in [1.82, 2.24) is 5.32 Å². The molecule has 0 aliphatic rings. The van der Waals surface area contributed by atoms with Crippen LogP contribution in [0.5, 0.6) is 5.75 Å². The SMILES string of the molecule is O=C(S)CNC(=O)COc1ccccc1. The number of ether oxygens (including phenoxy) is 1. The van der Waals surface area contributed by atoms with E-state index >= 15 is 0 Å². The van der Waals surface area contributed by atoms with Crippen molar-refractivity contribution in [3.05, 3.63) is 30.3 Å². The molecule has 15 heavy (non-hydrogen) atoms. The summed E-state index contributed by atoms with van der Waals surface area (Å²) >= 11 is 3.52. The average molecular weight is 225 g/mol. The van der Waals surface area contributed by atoms with Crippen molar-refractivity contribution in [2.24, 2.45) is 0 Å². The summed E-state index contributed by atoms with van der Waals surface area (Å²) < 4.78 is 5.15. The molecule has 0 bridgehead atoms. The largest absolute Gasteiger partial charge is 0.484 e. The molecule has 0 saturated carbocycles. The Morgan fingerprint density at radius 1 is 1.27 bits per heavy atom. The lowest BCUT2D eigenvalue weighted by Crippen LogP contribution is -2.31. The highest BCUT2D eigenvalue weighted by Gasteiger charge is 2.03. The summed E-state index contributed by atoms with van der Waals surface area (Å²) in [5.41, 5.74) is 0. The van der Waals surface area contributed by atoms with Crippen LogP contribution in [0.25, 0.3) is 0 Å². The summed E-state index contributed by atoms with van der Waals surface area (Å²) in [5, 5.41) is 1.98. The van der Waals surface area contributed by atoms with Gasteiger partial charge in [0.05, 0.1) is 6.54 Å². The number of amides is 1. The Bertz CT molecular complexity index is 340. The Morgan fingerprint density at radius 2 is 1.93 bits per heavy atom. The smallest absolute Gasteiger partial charge is 0.258 e. The first-order chi connectivity index (χ1) is 7.18. The van der Waals surface area contributed by atoms with E-state index in [4.69, 9.17) is 4.74 Å². The number of benzene rings is 1. The molecule has 1 amide bonds. The maximum absolute atomic E-state index is 11.1. The first-order valence-electron chi connectivity index (χ1n) is 4.35. The van der Waals surface area contributed by atoms with Crippen molar-refractivity contribution in [3.8, 4) is 5.75 Å². The number of rotatable bonds is 5. The fraction of sp³-hybridized carbons (Fsp3) is 0.200. The highest BCUT2D eigenvalue weighted by atomic mass is 32.1. The molecular formula is C10H11NO3S. The topological polar surface area (TPSA) is 55.4 Å². The van der Waals surface area contributed by atoms with E-state index in [1.807, 2.05) is 18.2 Å². The summed E-state index contributed by atoms with van der Waals surface area (Å²) in [5.74, 6) is 0.270. The number of hydrogen-bond donors (Lipinski definition) is 2. The Morgan fingerprint density at radius 3 is 2.53 bits per heavy atom. The number of hydrogen-bond acceptors (Lipinski definition) is 3. The molecule has 1 aromatic carbocycles. The molecule has 0 unspecified atom stereocenters. The van der Waals surface area contributed by atoms with Gasteiger partial charge in [-0.05, 0) is 12.1 Å².